The summed E-state index contributed by atoms with van der Waals surface area (Å²) in [5.41, 5.74) is 1.99. The van der Waals surface area contributed by atoms with Crippen LogP contribution in [0.5, 0.6) is 0 Å². The highest BCUT2D eigenvalue weighted by Crippen LogP contribution is 2.33. The van der Waals surface area contributed by atoms with Crippen LogP contribution in [0.15, 0.2) is 62.7 Å². The van der Waals surface area contributed by atoms with Crippen molar-refractivity contribution in [3.05, 3.63) is 59.9 Å². The molecule has 126 valence electrons. The van der Waals surface area contributed by atoms with Crippen molar-refractivity contribution in [3.63, 3.8) is 0 Å². The highest BCUT2D eigenvalue weighted by Gasteiger charge is 2.21. The van der Waals surface area contributed by atoms with Crippen molar-refractivity contribution in [2.75, 3.05) is 0 Å². The van der Waals surface area contributed by atoms with E-state index in [9.17, 15) is 8.42 Å². The van der Waals surface area contributed by atoms with E-state index in [1.807, 2.05) is 6.07 Å². The second kappa shape index (κ2) is 6.61. The van der Waals surface area contributed by atoms with Crippen molar-refractivity contribution in [1.82, 2.24) is 0 Å². The van der Waals surface area contributed by atoms with E-state index in [-0.39, 0.29) is 12.4 Å². The third-order valence-electron chi connectivity index (χ3n) is 4.54. The standard InChI is InChI=1S/C19H18O3S.ClH/c20-23(21,14-7-3-1-4-8-14)15-11-12-19-17(13-15)16-9-5-2-6-10-18(16)22-19;/h1,3-4,7-8,11-13H,2,5-6,9-10H2;1H. The molecule has 5 heteroatoms. The second-order valence-corrected chi connectivity index (χ2v) is 7.99. The first-order chi connectivity index (χ1) is 11.2. The molecule has 0 fully saturated rings. The van der Waals surface area contributed by atoms with Gasteiger partial charge in [0.1, 0.15) is 11.3 Å². The van der Waals surface area contributed by atoms with Crippen LogP contribution >= 0.6 is 12.4 Å². The van der Waals surface area contributed by atoms with Crippen molar-refractivity contribution < 1.29 is 12.8 Å². The molecule has 0 bridgehead atoms. The maximum absolute atomic E-state index is 12.8. The number of furan rings is 1. The molecule has 1 aliphatic rings. The Kier molecular flexibility index (Phi) is 4.70. The van der Waals surface area contributed by atoms with Gasteiger partial charge in [0.15, 0.2) is 0 Å². The molecular weight excluding hydrogens is 344 g/mol. The Balaban J connectivity index is 0.00000169. The van der Waals surface area contributed by atoms with Crippen LogP contribution in [0, 0.1) is 0 Å². The largest absolute Gasteiger partial charge is 0.461 e. The van der Waals surface area contributed by atoms with Gasteiger partial charge in [-0.2, -0.15) is 0 Å². The molecule has 2 aromatic carbocycles. The molecule has 0 N–H and O–H groups in total. The lowest BCUT2D eigenvalue weighted by atomic mass is 10.1. The van der Waals surface area contributed by atoms with Gasteiger partial charge in [0.05, 0.1) is 9.79 Å². The first-order valence-corrected chi connectivity index (χ1v) is 9.49. The zero-order chi connectivity index (χ0) is 15.9. The maximum Gasteiger partial charge on any atom is 0.206 e. The quantitative estimate of drug-likeness (QED) is 0.605. The molecule has 3 nitrogen and oxygen atoms in total. The minimum Gasteiger partial charge on any atom is -0.461 e. The number of fused-ring (bicyclic) bond motifs is 3. The van der Waals surface area contributed by atoms with Crippen LogP contribution in [0.1, 0.15) is 30.6 Å². The van der Waals surface area contributed by atoms with Crippen LogP contribution in [0.25, 0.3) is 11.0 Å². The van der Waals surface area contributed by atoms with Crippen molar-refractivity contribution in [3.8, 4) is 0 Å². The molecule has 3 aromatic rings. The lowest BCUT2D eigenvalue weighted by Gasteiger charge is -2.05. The third-order valence-corrected chi connectivity index (χ3v) is 6.31. The van der Waals surface area contributed by atoms with Crippen molar-refractivity contribution in [1.29, 1.82) is 0 Å². The fraction of sp³-hybridized carbons (Fsp3) is 0.263. The Morgan fingerprint density at radius 2 is 1.58 bits per heavy atom. The van der Waals surface area contributed by atoms with Crippen molar-refractivity contribution in [2.24, 2.45) is 0 Å². The summed E-state index contributed by atoms with van der Waals surface area (Å²) in [5, 5.41) is 0.957. The number of hydrogen-bond acceptors (Lipinski definition) is 3. The normalized spacial score (nSPS) is 14.7. The van der Waals surface area contributed by atoms with Gasteiger partial charge >= 0.3 is 0 Å². The van der Waals surface area contributed by atoms with Gasteiger partial charge < -0.3 is 4.42 Å². The Morgan fingerprint density at radius 3 is 2.38 bits per heavy atom. The number of halogens is 1. The first kappa shape index (κ1) is 17.1. The summed E-state index contributed by atoms with van der Waals surface area (Å²) in [6.45, 7) is 0. The van der Waals surface area contributed by atoms with E-state index in [4.69, 9.17) is 4.42 Å². The van der Waals surface area contributed by atoms with Crippen LogP contribution < -0.4 is 0 Å². The molecule has 0 radical (unpaired) electrons. The number of aryl methyl sites for hydroxylation is 2. The summed E-state index contributed by atoms with van der Waals surface area (Å²) in [4.78, 5) is 0.665. The summed E-state index contributed by atoms with van der Waals surface area (Å²) < 4.78 is 31.6. The SMILES string of the molecule is Cl.O=S(=O)(c1ccccc1)c1ccc2oc3c(c2c1)CCCCC3. The lowest BCUT2D eigenvalue weighted by Crippen LogP contribution is -2.01. The van der Waals surface area contributed by atoms with E-state index >= 15 is 0 Å². The summed E-state index contributed by atoms with van der Waals surface area (Å²) in [5.74, 6) is 1.03. The van der Waals surface area contributed by atoms with Gasteiger partial charge in [-0.05, 0) is 49.6 Å². The van der Waals surface area contributed by atoms with Crippen LogP contribution in [0.2, 0.25) is 0 Å². The Bertz CT molecular complexity index is 959. The second-order valence-electron chi connectivity index (χ2n) is 6.04. The van der Waals surface area contributed by atoms with E-state index in [2.05, 4.69) is 0 Å². The molecule has 0 aliphatic heterocycles. The topological polar surface area (TPSA) is 47.3 Å². The van der Waals surface area contributed by atoms with Crippen molar-refractivity contribution >= 4 is 33.2 Å². The Morgan fingerprint density at radius 1 is 0.833 bits per heavy atom. The van der Waals surface area contributed by atoms with Gasteiger partial charge in [0.2, 0.25) is 9.84 Å². The van der Waals surface area contributed by atoms with E-state index < -0.39 is 9.84 Å². The molecular formula is C19H19ClO3S. The van der Waals surface area contributed by atoms with E-state index in [1.165, 1.54) is 12.0 Å². The highest BCUT2D eigenvalue weighted by atomic mass is 35.5. The van der Waals surface area contributed by atoms with Gasteiger partial charge in [-0.1, -0.05) is 24.6 Å². The average Bonchev–Trinajstić information content (AvgIpc) is 2.76. The van der Waals surface area contributed by atoms with Gasteiger partial charge in [-0.25, -0.2) is 8.42 Å². The van der Waals surface area contributed by atoms with Crippen LogP contribution in [0.4, 0.5) is 0 Å². The molecule has 0 atom stereocenters. The van der Waals surface area contributed by atoms with Gasteiger partial charge in [-0.3, -0.25) is 0 Å². The molecule has 1 aliphatic carbocycles. The first-order valence-electron chi connectivity index (χ1n) is 8.01. The predicted molar refractivity (Wildman–Crippen MR) is 96.6 cm³/mol. The highest BCUT2D eigenvalue weighted by molar-refractivity contribution is 7.91. The molecule has 1 heterocycles. The molecule has 0 unspecified atom stereocenters. The smallest absolute Gasteiger partial charge is 0.206 e. The number of benzene rings is 2. The number of sulfone groups is 1. The van der Waals surface area contributed by atoms with E-state index in [1.54, 1.807) is 42.5 Å². The zero-order valence-electron chi connectivity index (χ0n) is 13.2. The predicted octanol–water partition coefficient (Wildman–Crippen LogP) is 4.96. The van der Waals surface area contributed by atoms with Gasteiger partial charge in [0.25, 0.3) is 0 Å². The van der Waals surface area contributed by atoms with Crippen molar-refractivity contribution in [2.45, 2.75) is 41.9 Å². The van der Waals surface area contributed by atoms with Gasteiger partial charge in [-0.15, -0.1) is 12.4 Å². The minimum absolute atomic E-state index is 0. The van der Waals surface area contributed by atoms with E-state index in [0.717, 1.165) is 42.4 Å². The maximum atomic E-state index is 12.8. The summed E-state index contributed by atoms with van der Waals surface area (Å²) in [6.07, 6.45) is 5.40. The molecule has 0 saturated heterocycles. The van der Waals surface area contributed by atoms with Crippen LogP contribution in [-0.4, -0.2) is 8.42 Å². The molecule has 4 rings (SSSR count). The summed E-state index contributed by atoms with van der Waals surface area (Å²) in [6, 6.07) is 13.8. The molecule has 24 heavy (non-hydrogen) atoms. The molecule has 0 amide bonds. The van der Waals surface area contributed by atoms with Crippen LogP contribution in [0.3, 0.4) is 0 Å². The Labute approximate surface area is 148 Å². The molecule has 1 aromatic heterocycles. The lowest BCUT2D eigenvalue weighted by molar-refractivity contribution is 0.538. The minimum atomic E-state index is -3.49. The number of rotatable bonds is 2. The number of hydrogen-bond donors (Lipinski definition) is 0. The fourth-order valence-corrected chi connectivity index (χ4v) is 4.63. The van der Waals surface area contributed by atoms with Crippen LogP contribution in [-0.2, 0) is 22.7 Å². The Hall–Kier alpha value is -1.78. The molecule has 0 saturated carbocycles. The van der Waals surface area contributed by atoms with Gasteiger partial charge in [0, 0.05) is 17.4 Å². The fourth-order valence-electron chi connectivity index (χ4n) is 3.32. The van der Waals surface area contributed by atoms with E-state index in [0.29, 0.717) is 9.79 Å². The summed E-state index contributed by atoms with van der Waals surface area (Å²) in [7, 11) is -3.49. The molecule has 0 spiro atoms. The average molecular weight is 363 g/mol. The monoisotopic (exact) mass is 362 g/mol. The summed E-state index contributed by atoms with van der Waals surface area (Å²) >= 11 is 0. The zero-order valence-corrected chi connectivity index (χ0v) is 14.8. The third kappa shape index (κ3) is 2.85.